The first-order valence-electron chi connectivity index (χ1n) is 13.3. The summed E-state index contributed by atoms with van der Waals surface area (Å²) in [5.74, 6) is -4.49. The number of aromatic amines is 2. The van der Waals surface area contributed by atoms with Gasteiger partial charge in [-0.05, 0) is 36.6 Å². The maximum Gasteiger partial charge on any atom is 0.326 e. The standard InChI is InChI=1S/C29H33N7O6/c1-15(34-27(39)20(30)10-16-13-32-21-8-4-2-6-18(16)21)26(38)35-23(12-25(31)37)28(40)36-24(29(41)42)11-17-14-33-22-9-5-3-7-19(17)22/h2-9,13-15,20,23-24,32-33H,10-12,30H2,1H3,(H2,31,37)(H,34,39)(H,35,38)(H,36,40)(H,41,42). The van der Waals surface area contributed by atoms with E-state index in [1.807, 2.05) is 48.5 Å². The van der Waals surface area contributed by atoms with Gasteiger partial charge in [0.15, 0.2) is 0 Å². The second-order valence-corrected chi connectivity index (χ2v) is 10.1. The van der Waals surface area contributed by atoms with E-state index in [9.17, 15) is 29.1 Å². The predicted molar refractivity (Wildman–Crippen MR) is 155 cm³/mol. The molecule has 13 heteroatoms. The molecule has 0 saturated heterocycles. The summed E-state index contributed by atoms with van der Waals surface area (Å²) in [6, 6.07) is 9.92. The zero-order valence-corrected chi connectivity index (χ0v) is 22.8. The second-order valence-electron chi connectivity index (χ2n) is 10.1. The number of hydrogen-bond donors (Lipinski definition) is 8. The van der Waals surface area contributed by atoms with Gasteiger partial charge in [-0.3, -0.25) is 19.2 Å². The van der Waals surface area contributed by atoms with Crippen LogP contribution in [0, 0.1) is 0 Å². The number of carbonyl (C=O) groups excluding carboxylic acids is 4. The van der Waals surface area contributed by atoms with Crippen LogP contribution in [0.1, 0.15) is 24.5 Å². The number of nitrogens with two attached hydrogens (primary N) is 2. The van der Waals surface area contributed by atoms with E-state index in [0.717, 1.165) is 27.4 Å². The van der Waals surface area contributed by atoms with E-state index in [4.69, 9.17) is 11.5 Å². The highest BCUT2D eigenvalue weighted by Gasteiger charge is 2.30. The van der Waals surface area contributed by atoms with Crippen molar-refractivity contribution in [2.24, 2.45) is 11.5 Å². The van der Waals surface area contributed by atoms with Crippen LogP contribution in [-0.2, 0) is 36.8 Å². The normalized spacial score (nSPS) is 14.0. The molecular weight excluding hydrogens is 542 g/mol. The third kappa shape index (κ3) is 7.12. The number of H-pyrrole nitrogens is 2. The largest absolute Gasteiger partial charge is 0.480 e. The Balaban J connectivity index is 1.37. The van der Waals surface area contributed by atoms with E-state index in [2.05, 4.69) is 25.9 Å². The third-order valence-corrected chi connectivity index (χ3v) is 6.96. The number of aliphatic carboxylic acids is 1. The SMILES string of the molecule is CC(NC(=O)C(N)Cc1c[nH]c2ccccc12)C(=O)NC(CC(N)=O)C(=O)NC(Cc1c[nH]c2ccccc12)C(=O)O. The fourth-order valence-corrected chi connectivity index (χ4v) is 4.72. The number of benzene rings is 2. The molecule has 42 heavy (non-hydrogen) atoms. The molecular formula is C29H33N7O6. The fourth-order valence-electron chi connectivity index (χ4n) is 4.72. The molecule has 0 aliphatic rings. The van der Waals surface area contributed by atoms with Crippen LogP contribution >= 0.6 is 0 Å². The van der Waals surface area contributed by atoms with Crippen molar-refractivity contribution in [1.82, 2.24) is 25.9 Å². The van der Waals surface area contributed by atoms with E-state index in [-0.39, 0.29) is 12.8 Å². The quantitative estimate of drug-likeness (QED) is 0.110. The zero-order chi connectivity index (χ0) is 30.4. The maximum atomic E-state index is 13.0. The van der Waals surface area contributed by atoms with Crippen LogP contribution < -0.4 is 27.4 Å². The highest BCUT2D eigenvalue weighted by atomic mass is 16.4. The van der Waals surface area contributed by atoms with Crippen molar-refractivity contribution in [1.29, 1.82) is 0 Å². The van der Waals surface area contributed by atoms with Crippen LogP contribution in [0.15, 0.2) is 60.9 Å². The van der Waals surface area contributed by atoms with E-state index in [1.165, 1.54) is 6.92 Å². The molecule has 4 aromatic rings. The van der Waals surface area contributed by atoms with Gasteiger partial charge in [0.1, 0.15) is 18.1 Å². The average molecular weight is 576 g/mol. The van der Waals surface area contributed by atoms with E-state index in [0.29, 0.717) is 5.56 Å². The summed E-state index contributed by atoms with van der Waals surface area (Å²) in [6.45, 7) is 1.39. The molecule has 2 aromatic heterocycles. The van der Waals surface area contributed by atoms with Crippen LogP contribution in [0.4, 0.5) is 0 Å². The summed E-state index contributed by atoms with van der Waals surface area (Å²) >= 11 is 0. The maximum absolute atomic E-state index is 13.0. The molecule has 0 fully saturated rings. The molecule has 13 nitrogen and oxygen atoms in total. The Hall–Kier alpha value is -5.17. The van der Waals surface area contributed by atoms with Gasteiger partial charge < -0.3 is 42.5 Å². The van der Waals surface area contributed by atoms with Gasteiger partial charge in [0.05, 0.1) is 12.5 Å². The summed E-state index contributed by atoms with van der Waals surface area (Å²) in [6.07, 6.45) is 3.00. The van der Waals surface area contributed by atoms with Crippen molar-refractivity contribution in [3.05, 3.63) is 72.1 Å². The van der Waals surface area contributed by atoms with Gasteiger partial charge in [-0.15, -0.1) is 0 Å². The van der Waals surface area contributed by atoms with Gasteiger partial charge in [0.2, 0.25) is 23.6 Å². The Morgan fingerprint density at radius 2 is 1.29 bits per heavy atom. The molecule has 0 aliphatic carbocycles. The van der Waals surface area contributed by atoms with Crippen LogP contribution in [-0.4, -0.2) is 68.8 Å². The van der Waals surface area contributed by atoms with Gasteiger partial charge in [0, 0.05) is 40.6 Å². The number of hydrogen-bond acceptors (Lipinski definition) is 6. The fraction of sp³-hybridized carbons (Fsp3) is 0.276. The number of carbonyl (C=O) groups is 5. The Labute approximate surface area is 240 Å². The minimum Gasteiger partial charge on any atom is -0.480 e. The lowest BCUT2D eigenvalue weighted by Crippen LogP contribution is -2.57. The summed E-state index contributed by atoms with van der Waals surface area (Å²) in [4.78, 5) is 68.5. The Kier molecular flexibility index (Phi) is 9.22. The van der Waals surface area contributed by atoms with Gasteiger partial charge in [-0.2, -0.15) is 0 Å². The highest BCUT2D eigenvalue weighted by molar-refractivity contribution is 5.96. The van der Waals surface area contributed by atoms with Gasteiger partial charge in [0.25, 0.3) is 0 Å². The topological polar surface area (TPSA) is 225 Å². The lowest BCUT2D eigenvalue weighted by molar-refractivity contribution is -0.142. The Morgan fingerprint density at radius 1 is 0.762 bits per heavy atom. The van der Waals surface area contributed by atoms with Crippen molar-refractivity contribution in [3.8, 4) is 0 Å². The first-order valence-corrected chi connectivity index (χ1v) is 13.3. The number of nitrogens with one attached hydrogen (secondary N) is 5. The molecule has 10 N–H and O–H groups in total. The summed E-state index contributed by atoms with van der Waals surface area (Å²) < 4.78 is 0. The number of rotatable bonds is 13. The van der Waals surface area contributed by atoms with Crippen LogP contribution in [0.5, 0.6) is 0 Å². The second kappa shape index (κ2) is 13.0. The molecule has 4 unspecified atom stereocenters. The van der Waals surface area contributed by atoms with Crippen LogP contribution in [0.3, 0.4) is 0 Å². The van der Waals surface area contributed by atoms with E-state index >= 15 is 0 Å². The van der Waals surface area contributed by atoms with Crippen molar-refractivity contribution >= 4 is 51.4 Å². The molecule has 4 rings (SSSR count). The van der Waals surface area contributed by atoms with Crippen LogP contribution in [0.25, 0.3) is 21.8 Å². The Bertz CT molecular complexity index is 1630. The molecule has 0 spiro atoms. The summed E-state index contributed by atoms with van der Waals surface area (Å²) in [7, 11) is 0. The number of para-hydroxylation sites is 2. The lowest BCUT2D eigenvalue weighted by atomic mass is 10.0. The number of fused-ring (bicyclic) bond motifs is 2. The Morgan fingerprint density at radius 3 is 1.83 bits per heavy atom. The molecule has 2 heterocycles. The number of carboxylic acid groups (broad SMARTS) is 1. The van der Waals surface area contributed by atoms with Gasteiger partial charge in [-0.25, -0.2) is 4.79 Å². The van der Waals surface area contributed by atoms with Gasteiger partial charge >= 0.3 is 5.97 Å². The molecule has 4 amide bonds. The van der Waals surface area contributed by atoms with Crippen molar-refractivity contribution < 1.29 is 29.1 Å². The summed E-state index contributed by atoms with van der Waals surface area (Å²) in [5.41, 5.74) is 14.6. The number of primary amides is 1. The minimum atomic E-state index is -1.47. The van der Waals surface area contributed by atoms with E-state index < -0.39 is 60.2 Å². The number of aromatic nitrogens is 2. The van der Waals surface area contributed by atoms with Crippen molar-refractivity contribution in [2.75, 3.05) is 0 Å². The van der Waals surface area contributed by atoms with Crippen molar-refractivity contribution in [3.63, 3.8) is 0 Å². The average Bonchev–Trinajstić information content (AvgIpc) is 3.56. The monoisotopic (exact) mass is 575 g/mol. The first kappa shape index (κ1) is 29.8. The van der Waals surface area contributed by atoms with Crippen LogP contribution in [0.2, 0.25) is 0 Å². The van der Waals surface area contributed by atoms with Crippen molar-refractivity contribution in [2.45, 2.75) is 50.4 Å². The molecule has 2 aromatic carbocycles. The molecule has 220 valence electrons. The number of carboxylic acids is 1. The molecule has 4 atom stereocenters. The first-order chi connectivity index (χ1) is 20.0. The lowest BCUT2D eigenvalue weighted by Gasteiger charge is -2.23. The minimum absolute atomic E-state index is 0.0525. The zero-order valence-electron chi connectivity index (χ0n) is 22.8. The molecule has 0 saturated carbocycles. The third-order valence-electron chi connectivity index (χ3n) is 6.96. The van der Waals surface area contributed by atoms with Gasteiger partial charge in [-0.1, -0.05) is 36.4 Å². The van der Waals surface area contributed by atoms with E-state index in [1.54, 1.807) is 12.4 Å². The summed E-state index contributed by atoms with van der Waals surface area (Å²) in [5, 5.41) is 18.8. The smallest absolute Gasteiger partial charge is 0.326 e. The predicted octanol–water partition coefficient (Wildman–Crippen LogP) is 0.196. The highest BCUT2D eigenvalue weighted by Crippen LogP contribution is 2.20. The molecule has 0 radical (unpaired) electrons. The number of amides is 4. The molecule has 0 aliphatic heterocycles. The molecule has 0 bridgehead atoms.